The van der Waals surface area contributed by atoms with Gasteiger partial charge in [0.2, 0.25) is 0 Å². The van der Waals surface area contributed by atoms with Crippen LogP contribution in [0.3, 0.4) is 0 Å². The molecule has 0 radical (unpaired) electrons. The predicted octanol–water partition coefficient (Wildman–Crippen LogP) is 4.59. The minimum atomic E-state index is 0.815. The van der Waals surface area contributed by atoms with Gasteiger partial charge >= 0.3 is 0 Å². The third-order valence-corrected chi connectivity index (χ3v) is 2.92. The molecule has 0 aromatic carbocycles. The summed E-state index contributed by atoms with van der Waals surface area (Å²) in [6.45, 7) is 7.49. The summed E-state index contributed by atoms with van der Waals surface area (Å²) >= 11 is 0. The van der Waals surface area contributed by atoms with Crippen molar-refractivity contribution in [2.75, 3.05) is 6.54 Å². The smallest absolute Gasteiger partial charge is 0.00742 e. The Morgan fingerprint density at radius 2 is 1.81 bits per heavy atom. The summed E-state index contributed by atoms with van der Waals surface area (Å²) in [6.07, 6.45) is 13.2. The molecule has 0 aliphatic rings. The van der Waals surface area contributed by atoms with E-state index in [0.717, 1.165) is 13.0 Å². The monoisotopic (exact) mass is 223 g/mol. The summed E-state index contributed by atoms with van der Waals surface area (Å²) in [7, 11) is 0. The predicted molar refractivity (Wildman–Crippen MR) is 74.6 cm³/mol. The molecule has 0 bridgehead atoms. The van der Waals surface area contributed by atoms with Crippen molar-refractivity contribution in [2.24, 2.45) is 5.73 Å². The molecule has 0 aliphatic carbocycles. The van der Waals surface area contributed by atoms with E-state index in [1.54, 1.807) is 5.57 Å². The summed E-state index contributed by atoms with van der Waals surface area (Å²) in [6, 6.07) is 0. The summed E-state index contributed by atoms with van der Waals surface area (Å²) in [4.78, 5) is 0. The molecule has 0 aliphatic heterocycles. The van der Waals surface area contributed by atoms with E-state index < -0.39 is 0 Å². The van der Waals surface area contributed by atoms with Gasteiger partial charge in [0.15, 0.2) is 0 Å². The van der Waals surface area contributed by atoms with E-state index in [2.05, 4.69) is 32.9 Å². The van der Waals surface area contributed by atoms with Gasteiger partial charge in [-0.2, -0.15) is 0 Å². The standard InChI is InChI=1S/C15H29N/c1-4-9-14(3)10-6-7-11-15(5-2)12-8-13-16/h9,11H,4-8,10,12-13,16H2,1-3H3/b14-9+,15-11-. The quantitative estimate of drug-likeness (QED) is 0.449. The van der Waals surface area contributed by atoms with Gasteiger partial charge in [-0.3, -0.25) is 0 Å². The van der Waals surface area contributed by atoms with Crippen molar-refractivity contribution in [3.8, 4) is 0 Å². The molecule has 0 saturated carbocycles. The molecule has 0 heterocycles. The summed E-state index contributed by atoms with van der Waals surface area (Å²) in [5.41, 5.74) is 8.65. The number of unbranched alkanes of at least 4 members (excludes halogenated alkanes) is 1. The lowest BCUT2D eigenvalue weighted by Gasteiger charge is -2.04. The van der Waals surface area contributed by atoms with Crippen LogP contribution in [0.2, 0.25) is 0 Å². The number of hydrogen-bond donors (Lipinski definition) is 1. The lowest BCUT2D eigenvalue weighted by Crippen LogP contribution is -1.98. The van der Waals surface area contributed by atoms with Crippen LogP contribution in [0.15, 0.2) is 23.3 Å². The van der Waals surface area contributed by atoms with E-state index in [1.807, 2.05) is 0 Å². The van der Waals surface area contributed by atoms with E-state index in [0.29, 0.717) is 0 Å². The molecule has 1 heteroatoms. The van der Waals surface area contributed by atoms with Gasteiger partial charge in [0.05, 0.1) is 0 Å². The molecular weight excluding hydrogens is 194 g/mol. The van der Waals surface area contributed by atoms with Crippen molar-refractivity contribution in [1.82, 2.24) is 0 Å². The van der Waals surface area contributed by atoms with Crippen LogP contribution in [0.5, 0.6) is 0 Å². The van der Waals surface area contributed by atoms with Crippen LogP contribution in [-0.4, -0.2) is 6.54 Å². The zero-order chi connectivity index (χ0) is 12.2. The maximum Gasteiger partial charge on any atom is -0.00742 e. The summed E-state index contributed by atoms with van der Waals surface area (Å²) in [5, 5.41) is 0. The van der Waals surface area contributed by atoms with Gasteiger partial charge in [0.1, 0.15) is 0 Å². The van der Waals surface area contributed by atoms with E-state index in [9.17, 15) is 0 Å². The SMILES string of the molecule is CC/C=C(\C)CCC/C=C(/CC)CCCN. The first-order chi connectivity index (χ1) is 7.74. The van der Waals surface area contributed by atoms with Gasteiger partial charge in [-0.05, 0) is 58.4 Å². The molecular formula is C15H29N. The Bertz CT molecular complexity index is 213. The Labute approximate surface area is 102 Å². The molecule has 1 nitrogen and oxygen atoms in total. The van der Waals surface area contributed by atoms with Gasteiger partial charge in [-0.25, -0.2) is 0 Å². The lowest BCUT2D eigenvalue weighted by atomic mass is 10.0. The Kier molecular flexibility index (Phi) is 10.6. The normalized spacial score (nSPS) is 13.2. The number of nitrogens with two attached hydrogens (primary N) is 1. The largest absolute Gasteiger partial charge is 0.330 e. The fourth-order valence-electron chi connectivity index (χ4n) is 1.89. The molecule has 0 unspecified atom stereocenters. The van der Waals surface area contributed by atoms with E-state index in [-0.39, 0.29) is 0 Å². The third-order valence-electron chi connectivity index (χ3n) is 2.92. The van der Waals surface area contributed by atoms with Crippen LogP contribution in [0.25, 0.3) is 0 Å². The number of rotatable bonds is 9. The average Bonchev–Trinajstić information content (AvgIpc) is 2.28. The Hall–Kier alpha value is -0.560. The van der Waals surface area contributed by atoms with Gasteiger partial charge in [-0.15, -0.1) is 0 Å². The highest BCUT2D eigenvalue weighted by atomic mass is 14.5. The zero-order valence-electron chi connectivity index (χ0n) is 11.4. The highest BCUT2D eigenvalue weighted by molar-refractivity contribution is 5.02. The molecule has 0 aromatic heterocycles. The van der Waals surface area contributed by atoms with Crippen LogP contribution in [-0.2, 0) is 0 Å². The van der Waals surface area contributed by atoms with Crippen LogP contribution in [0.4, 0.5) is 0 Å². The van der Waals surface area contributed by atoms with Crippen LogP contribution < -0.4 is 5.73 Å². The second kappa shape index (κ2) is 10.9. The molecule has 94 valence electrons. The Morgan fingerprint density at radius 3 is 2.38 bits per heavy atom. The van der Waals surface area contributed by atoms with Crippen LogP contribution >= 0.6 is 0 Å². The van der Waals surface area contributed by atoms with Crippen molar-refractivity contribution in [1.29, 1.82) is 0 Å². The van der Waals surface area contributed by atoms with Gasteiger partial charge in [0.25, 0.3) is 0 Å². The van der Waals surface area contributed by atoms with E-state index in [4.69, 9.17) is 5.73 Å². The van der Waals surface area contributed by atoms with Crippen molar-refractivity contribution >= 4 is 0 Å². The van der Waals surface area contributed by atoms with E-state index in [1.165, 1.54) is 44.1 Å². The maximum absolute atomic E-state index is 5.52. The molecule has 0 amide bonds. The molecule has 16 heavy (non-hydrogen) atoms. The first-order valence-electron chi connectivity index (χ1n) is 6.78. The van der Waals surface area contributed by atoms with Crippen LogP contribution in [0, 0.1) is 0 Å². The van der Waals surface area contributed by atoms with Crippen molar-refractivity contribution < 1.29 is 0 Å². The first-order valence-corrected chi connectivity index (χ1v) is 6.78. The van der Waals surface area contributed by atoms with Crippen molar-refractivity contribution in [3.63, 3.8) is 0 Å². The molecule has 0 saturated heterocycles. The fourth-order valence-corrected chi connectivity index (χ4v) is 1.89. The Morgan fingerprint density at radius 1 is 1.06 bits per heavy atom. The summed E-state index contributed by atoms with van der Waals surface area (Å²) < 4.78 is 0. The lowest BCUT2D eigenvalue weighted by molar-refractivity contribution is 0.773. The third kappa shape index (κ3) is 8.72. The fraction of sp³-hybridized carbons (Fsp3) is 0.733. The summed E-state index contributed by atoms with van der Waals surface area (Å²) in [5.74, 6) is 0. The minimum absolute atomic E-state index is 0.815. The zero-order valence-corrected chi connectivity index (χ0v) is 11.4. The first kappa shape index (κ1) is 15.4. The van der Waals surface area contributed by atoms with E-state index >= 15 is 0 Å². The van der Waals surface area contributed by atoms with Gasteiger partial charge in [0, 0.05) is 0 Å². The Balaban J connectivity index is 3.74. The second-order valence-corrected chi connectivity index (χ2v) is 4.46. The van der Waals surface area contributed by atoms with Gasteiger partial charge < -0.3 is 5.73 Å². The molecule has 0 rings (SSSR count). The molecule has 0 fully saturated rings. The number of allylic oxidation sites excluding steroid dienone is 4. The van der Waals surface area contributed by atoms with Crippen molar-refractivity contribution in [2.45, 2.75) is 65.7 Å². The molecule has 0 spiro atoms. The second-order valence-electron chi connectivity index (χ2n) is 4.46. The van der Waals surface area contributed by atoms with Gasteiger partial charge in [-0.1, -0.05) is 37.1 Å². The van der Waals surface area contributed by atoms with Crippen molar-refractivity contribution in [3.05, 3.63) is 23.3 Å². The highest BCUT2D eigenvalue weighted by Gasteiger charge is 1.94. The minimum Gasteiger partial charge on any atom is -0.330 e. The topological polar surface area (TPSA) is 26.0 Å². The molecule has 0 aromatic rings. The molecule has 0 atom stereocenters. The number of hydrogen-bond acceptors (Lipinski definition) is 1. The molecule has 2 N–H and O–H groups in total. The highest BCUT2D eigenvalue weighted by Crippen LogP contribution is 2.13. The average molecular weight is 223 g/mol. The van der Waals surface area contributed by atoms with Crippen LogP contribution in [0.1, 0.15) is 65.7 Å². The maximum atomic E-state index is 5.52.